The van der Waals surface area contributed by atoms with Crippen molar-refractivity contribution in [2.24, 2.45) is 0 Å². The van der Waals surface area contributed by atoms with Crippen molar-refractivity contribution < 1.29 is 50.0 Å². The van der Waals surface area contributed by atoms with E-state index >= 15 is 0 Å². The maximum Gasteiger partial charge on any atom is 0.249 e. The lowest BCUT2D eigenvalue weighted by molar-refractivity contribution is -0.303. The number of rotatable bonds is 60. The van der Waals surface area contributed by atoms with E-state index in [4.69, 9.17) is 9.47 Å². The monoisotopic (exact) mass is 1150 g/mol. The van der Waals surface area contributed by atoms with Crippen molar-refractivity contribution in [1.29, 1.82) is 0 Å². The number of hydrogen-bond acceptors (Lipinski definition) is 10. The average Bonchev–Trinajstić information content (AvgIpc) is 3.49. The third-order valence-corrected chi connectivity index (χ3v) is 16.6. The number of aliphatic hydroxyl groups is 7. The van der Waals surface area contributed by atoms with Crippen LogP contribution in [-0.2, 0) is 14.3 Å². The molecule has 1 fully saturated rings. The summed E-state index contributed by atoms with van der Waals surface area (Å²) in [6, 6.07) is -1.19. The lowest BCUT2D eigenvalue weighted by atomic mass is 9.98. The quantitative estimate of drug-likeness (QED) is 0.0215. The summed E-state index contributed by atoms with van der Waals surface area (Å²) < 4.78 is 11.1. The zero-order valence-electron chi connectivity index (χ0n) is 52.5. The molecule has 1 amide bonds. The maximum absolute atomic E-state index is 13.2. The lowest BCUT2D eigenvalue weighted by Crippen LogP contribution is -2.60. The summed E-state index contributed by atoms with van der Waals surface area (Å²) in [5.41, 5.74) is 0. The Balaban J connectivity index is 2.14. The van der Waals surface area contributed by atoms with Gasteiger partial charge in [-0.2, -0.15) is 0 Å². The van der Waals surface area contributed by atoms with Crippen LogP contribution in [0, 0.1) is 0 Å². The molecule has 1 aliphatic rings. The molecule has 1 saturated heterocycles. The van der Waals surface area contributed by atoms with Crippen LogP contribution in [0.5, 0.6) is 0 Å². The van der Waals surface area contributed by atoms with Crippen LogP contribution in [0.3, 0.4) is 0 Å². The third-order valence-electron chi connectivity index (χ3n) is 16.6. The van der Waals surface area contributed by atoms with E-state index in [0.717, 1.165) is 44.9 Å². The average molecular weight is 1150 g/mol. The van der Waals surface area contributed by atoms with Gasteiger partial charge in [0.25, 0.3) is 0 Å². The van der Waals surface area contributed by atoms with Crippen molar-refractivity contribution in [3.63, 3.8) is 0 Å². The maximum atomic E-state index is 13.2. The minimum absolute atomic E-state index is 0.246. The minimum Gasteiger partial charge on any atom is -0.394 e. The van der Waals surface area contributed by atoms with Crippen molar-refractivity contribution in [2.75, 3.05) is 13.2 Å². The fourth-order valence-corrected chi connectivity index (χ4v) is 11.0. The van der Waals surface area contributed by atoms with Gasteiger partial charge >= 0.3 is 0 Å². The highest BCUT2D eigenvalue weighted by atomic mass is 16.7. The zero-order chi connectivity index (χ0) is 58.9. The Hall–Kier alpha value is -1.93. The topological polar surface area (TPSA) is 189 Å². The second-order valence-corrected chi connectivity index (χ2v) is 24.2. The van der Waals surface area contributed by atoms with Crippen LogP contribution in [0.4, 0.5) is 0 Å². The van der Waals surface area contributed by atoms with Gasteiger partial charge in [0, 0.05) is 0 Å². The zero-order valence-corrected chi connectivity index (χ0v) is 52.5. The predicted octanol–water partition coefficient (Wildman–Crippen LogP) is 16.4. The molecule has 0 aliphatic carbocycles. The fourth-order valence-electron chi connectivity index (χ4n) is 11.0. The largest absolute Gasteiger partial charge is 0.394 e. The van der Waals surface area contributed by atoms with Gasteiger partial charge in [-0.25, -0.2) is 0 Å². The Morgan fingerprint density at radius 3 is 1.17 bits per heavy atom. The molecule has 1 heterocycles. The Labute approximate surface area is 498 Å². The van der Waals surface area contributed by atoms with E-state index in [1.807, 2.05) is 0 Å². The molecule has 11 heteroatoms. The third kappa shape index (κ3) is 46.0. The first-order valence-electron chi connectivity index (χ1n) is 34.5. The molecule has 476 valence electrons. The van der Waals surface area contributed by atoms with Crippen LogP contribution >= 0.6 is 0 Å². The lowest BCUT2D eigenvalue weighted by Gasteiger charge is -2.40. The van der Waals surface area contributed by atoms with Crippen LogP contribution in [0.1, 0.15) is 322 Å². The molecule has 1 aliphatic heterocycles. The molecule has 0 aromatic carbocycles. The number of aliphatic hydroxyl groups excluding tert-OH is 7. The molecule has 0 bridgehead atoms. The Kier molecular flexibility index (Phi) is 55.6. The highest BCUT2D eigenvalue weighted by Crippen LogP contribution is 2.24. The van der Waals surface area contributed by atoms with Crippen molar-refractivity contribution >= 4 is 5.91 Å². The van der Waals surface area contributed by atoms with Crippen LogP contribution < -0.4 is 5.32 Å². The number of hydrogen-bond donors (Lipinski definition) is 8. The molecular formula is C70H131NO10. The number of nitrogens with one attached hydrogen (secondary N) is 1. The number of unbranched alkanes of at least 4 members (excludes halogenated alkanes) is 40. The van der Waals surface area contributed by atoms with Gasteiger partial charge in [-0.3, -0.25) is 4.79 Å². The van der Waals surface area contributed by atoms with Crippen molar-refractivity contribution in [2.45, 2.75) is 377 Å². The van der Waals surface area contributed by atoms with Gasteiger partial charge in [0.05, 0.1) is 25.4 Å². The van der Waals surface area contributed by atoms with E-state index < -0.39 is 74.2 Å². The van der Waals surface area contributed by atoms with Gasteiger partial charge in [-0.15, -0.1) is 0 Å². The first-order valence-corrected chi connectivity index (χ1v) is 34.5. The normalized spacial score (nSPS) is 19.4. The van der Waals surface area contributed by atoms with E-state index in [1.165, 1.54) is 231 Å². The Bertz CT molecular complexity index is 1460. The standard InChI is InChI=1S/C70H131NO10/c1-3-5-7-9-11-13-15-17-19-21-22-23-24-25-26-27-28-29-30-31-32-33-34-35-36-37-38-39-40-41-42-44-46-48-50-52-54-56-58-63(74)69(79)71-61(60-80-70-68(78)67(77)66(76)64(59-72)81-70)65(75)62(73)57-55-53-51-49-47-45-43-20-18-16-14-12-10-8-6-4-2/h20,28-29,31-32,43,49,51,61-68,70,72-78H,3-19,21-27,30,33-42,44-48,50,52-60H2,1-2H3,(H,71,79)/b29-28-,32-31-,43-20+,51-49+. The molecule has 0 spiro atoms. The molecule has 9 unspecified atom stereocenters. The fraction of sp³-hybridized carbons (Fsp3) is 0.871. The summed E-state index contributed by atoms with van der Waals surface area (Å²) in [6.07, 6.45) is 65.0. The van der Waals surface area contributed by atoms with E-state index in [-0.39, 0.29) is 12.8 Å². The number of amides is 1. The summed E-state index contributed by atoms with van der Waals surface area (Å²) in [5.74, 6) is -0.708. The summed E-state index contributed by atoms with van der Waals surface area (Å²) in [6.45, 7) is 3.46. The SMILES string of the molecule is CCCCCCCCC/C=C/CC/C=C/CCCC(O)C(O)C(COC1OC(CO)C(O)C(O)C1O)NC(=O)C(O)CCCCCCCCCCCCCCCCCC/C=C\C/C=C\CCCCCCCCCCCCCCCCC. The molecule has 81 heavy (non-hydrogen) atoms. The van der Waals surface area contributed by atoms with E-state index in [1.54, 1.807) is 0 Å². The van der Waals surface area contributed by atoms with Crippen molar-refractivity contribution in [1.82, 2.24) is 5.32 Å². The highest BCUT2D eigenvalue weighted by molar-refractivity contribution is 5.80. The Morgan fingerprint density at radius 1 is 0.432 bits per heavy atom. The number of carbonyl (C=O) groups is 1. The van der Waals surface area contributed by atoms with Gasteiger partial charge in [0.15, 0.2) is 6.29 Å². The van der Waals surface area contributed by atoms with Gasteiger partial charge in [-0.05, 0) is 83.5 Å². The molecule has 0 aromatic rings. The van der Waals surface area contributed by atoms with E-state index in [2.05, 4.69) is 67.8 Å². The number of allylic oxidation sites excluding steroid dienone is 8. The van der Waals surface area contributed by atoms with Crippen LogP contribution in [-0.4, -0.2) is 110 Å². The Morgan fingerprint density at radius 2 is 0.778 bits per heavy atom. The van der Waals surface area contributed by atoms with Crippen molar-refractivity contribution in [3.05, 3.63) is 48.6 Å². The molecular weight excluding hydrogens is 1010 g/mol. The van der Waals surface area contributed by atoms with E-state index in [9.17, 15) is 40.5 Å². The molecule has 1 rings (SSSR count). The molecule has 9 atom stereocenters. The molecule has 8 N–H and O–H groups in total. The molecule has 11 nitrogen and oxygen atoms in total. The first-order chi connectivity index (χ1) is 39.7. The van der Waals surface area contributed by atoms with E-state index in [0.29, 0.717) is 19.3 Å². The van der Waals surface area contributed by atoms with Gasteiger partial charge in [-0.1, -0.05) is 287 Å². The first kappa shape index (κ1) is 77.1. The number of ether oxygens (including phenoxy) is 2. The van der Waals surface area contributed by atoms with Gasteiger partial charge in [0.2, 0.25) is 5.91 Å². The highest BCUT2D eigenvalue weighted by Gasteiger charge is 2.44. The summed E-state index contributed by atoms with van der Waals surface area (Å²) >= 11 is 0. The molecule has 0 aromatic heterocycles. The predicted molar refractivity (Wildman–Crippen MR) is 339 cm³/mol. The van der Waals surface area contributed by atoms with Crippen LogP contribution in [0.15, 0.2) is 48.6 Å². The van der Waals surface area contributed by atoms with Crippen LogP contribution in [0.25, 0.3) is 0 Å². The number of carbonyl (C=O) groups excluding carboxylic acids is 1. The summed E-state index contributed by atoms with van der Waals surface area (Å²) in [5, 5.41) is 76.2. The second-order valence-electron chi connectivity index (χ2n) is 24.2. The van der Waals surface area contributed by atoms with Gasteiger partial charge < -0.3 is 50.5 Å². The minimum atomic E-state index is -1.67. The molecule has 0 saturated carbocycles. The van der Waals surface area contributed by atoms with Crippen LogP contribution in [0.2, 0.25) is 0 Å². The summed E-state index contributed by atoms with van der Waals surface area (Å²) in [4.78, 5) is 13.2. The summed E-state index contributed by atoms with van der Waals surface area (Å²) in [7, 11) is 0. The van der Waals surface area contributed by atoms with Gasteiger partial charge in [0.1, 0.15) is 36.6 Å². The van der Waals surface area contributed by atoms with Crippen molar-refractivity contribution in [3.8, 4) is 0 Å². The second kappa shape index (κ2) is 58.5. The smallest absolute Gasteiger partial charge is 0.249 e. The molecule has 0 radical (unpaired) electrons.